The Morgan fingerprint density at radius 2 is 1.81 bits per heavy atom. The molecule has 1 saturated carbocycles. The van der Waals surface area contributed by atoms with Crippen LogP contribution in [0, 0.1) is 17.8 Å². The second-order valence-corrected chi connectivity index (χ2v) is 11.8. The molecule has 6 atom stereocenters. The third kappa shape index (κ3) is 3.92. The molecule has 2 amide bonds. The largest absolute Gasteiger partial charge is 0.465 e. The van der Waals surface area contributed by atoms with E-state index in [2.05, 4.69) is 0 Å². The number of amides is 2. The van der Waals surface area contributed by atoms with Crippen LogP contribution in [-0.4, -0.2) is 81.8 Å². The van der Waals surface area contributed by atoms with Gasteiger partial charge in [-0.3, -0.25) is 14.4 Å². The van der Waals surface area contributed by atoms with Crippen molar-refractivity contribution in [3.8, 4) is 0 Å². The van der Waals surface area contributed by atoms with E-state index in [9.17, 15) is 19.5 Å². The summed E-state index contributed by atoms with van der Waals surface area (Å²) < 4.78 is 12.3. The van der Waals surface area contributed by atoms with Gasteiger partial charge < -0.3 is 24.4 Å². The molecule has 0 aromatic carbocycles. The number of rotatable bonds is 5. The topological polar surface area (TPSA) is 96.4 Å². The summed E-state index contributed by atoms with van der Waals surface area (Å²) in [6, 6.07) is -1.35. The molecule has 1 N–H and O–H groups in total. The van der Waals surface area contributed by atoms with E-state index in [-0.39, 0.29) is 37.0 Å². The summed E-state index contributed by atoms with van der Waals surface area (Å²) in [6.45, 7) is 6.34. The minimum absolute atomic E-state index is 0.121. The lowest BCUT2D eigenvalue weighted by Gasteiger charge is -2.42. The van der Waals surface area contributed by atoms with Crippen molar-refractivity contribution in [1.29, 1.82) is 0 Å². The number of hydrogen-bond donors (Lipinski definition) is 1. The van der Waals surface area contributed by atoms with Gasteiger partial charge in [-0.05, 0) is 38.5 Å². The van der Waals surface area contributed by atoms with Crippen LogP contribution < -0.4 is 0 Å². The Bertz CT molecular complexity index is 956. The number of aliphatic hydroxyl groups excluding tert-OH is 1. The van der Waals surface area contributed by atoms with Crippen LogP contribution in [0.4, 0.5) is 0 Å². The number of carbonyl (C=O) groups excluding carboxylic acids is 3. The van der Waals surface area contributed by atoms with E-state index in [0.29, 0.717) is 19.4 Å². The van der Waals surface area contributed by atoms with E-state index in [1.165, 1.54) is 6.42 Å². The van der Waals surface area contributed by atoms with Gasteiger partial charge in [0.05, 0.1) is 30.8 Å². The zero-order valence-electron chi connectivity index (χ0n) is 21.7. The second kappa shape index (κ2) is 9.60. The molecule has 4 heterocycles. The number of nitrogens with zero attached hydrogens (tertiary/aromatic N) is 2. The van der Waals surface area contributed by atoms with Crippen LogP contribution in [0.1, 0.15) is 65.7 Å². The van der Waals surface area contributed by atoms with Gasteiger partial charge in [-0.1, -0.05) is 57.4 Å². The van der Waals surface area contributed by atoms with Crippen LogP contribution in [0.25, 0.3) is 0 Å². The highest BCUT2D eigenvalue weighted by molar-refractivity contribution is 5.99. The number of hydrogen-bond acceptors (Lipinski definition) is 6. The van der Waals surface area contributed by atoms with Crippen molar-refractivity contribution in [2.24, 2.45) is 17.8 Å². The van der Waals surface area contributed by atoms with Crippen LogP contribution in [-0.2, 0) is 23.9 Å². The number of aliphatic hydroxyl groups is 1. The Kier molecular flexibility index (Phi) is 6.79. The highest BCUT2D eigenvalue weighted by Crippen LogP contribution is 2.58. The van der Waals surface area contributed by atoms with E-state index < -0.39 is 41.1 Å². The predicted molar refractivity (Wildman–Crippen MR) is 133 cm³/mol. The fourth-order valence-corrected chi connectivity index (χ4v) is 7.38. The third-order valence-corrected chi connectivity index (χ3v) is 8.85. The second-order valence-electron chi connectivity index (χ2n) is 11.8. The molecule has 5 aliphatic rings. The summed E-state index contributed by atoms with van der Waals surface area (Å²) in [5, 5.41) is 10.4. The molecule has 0 aromatic rings. The van der Waals surface area contributed by atoms with E-state index in [1.807, 2.05) is 50.0 Å². The van der Waals surface area contributed by atoms with Gasteiger partial charge in [0.2, 0.25) is 11.8 Å². The SMILES string of the molecule is CC(C)C[C@H](CO)N1C(=O)[C@@H]2[C@@H]3C(=O)OCCC=C[C@]3(C)O[C@@]23C=CCN(C2CCCCC2)C(=O)C13. The summed E-state index contributed by atoms with van der Waals surface area (Å²) in [5.74, 6) is -2.46. The zero-order valence-corrected chi connectivity index (χ0v) is 21.7. The number of cyclic esters (lactones) is 1. The van der Waals surface area contributed by atoms with Crippen molar-refractivity contribution in [2.45, 2.75) is 95.0 Å². The minimum atomic E-state index is -1.30. The van der Waals surface area contributed by atoms with Gasteiger partial charge in [-0.15, -0.1) is 0 Å². The van der Waals surface area contributed by atoms with Crippen LogP contribution in [0.3, 0.4) is 0 Å². The molecule has 198 valence electrons. The summed E-state index contributed by atoms with van der Waals surface area (Å²) >= 11 is 0. The quantitative estimate of drug-likeness (QED) is 0.461. The van der Waals surface area contributed by atoms with Gasteiger partial charge in [-0.2, -0.15) is 0 Å². The lowest BCUT2D eigenvalue weighted by Crippen LogP contribution is -2.60. The molecule has 1 unspecified atom stereocenters. The monoisotopic (exact) mass is 500 g/mol. The molecule has 1 aliphatic carbocycles. The van der Waals surface area contributed by atoms with Crippen LogP contribution in [0.15, 0.2) is 24.3 Å². The highest BCUT2D eigenvalue weighted by atomic mass is 16.6. The molecule has 0 radical (unpaired) electrons. The van der Waals surface area contributed by atoms with Gasteiger partial charge in [0.1, 0.15) is 17.6 Å². The molecule has 4 aliphatic heterocycles. The molecule has 1 spiro atoms. The zero-order chi connectivity index (χ0) is 25.7. The summed E-state index contributed by atoms with van der Waals surface area (Å²) in [7, 11) is 0. The molecule has 5 rings (SSSR count). The number of likely N-dealkylation sites (tertiary alicyclic amines) is 1. The predicted octanol–water partition coefficient (Wildman–Crippen LogP) is 2.60. The molecule has 36 heavy (non-hydrogen) atoms. The number of esters is 1. The molecule has 0 bridgehead atoms. The third-order valence-electron chi connectivity index (χ3n) is 8.85. The highest BCUT2D eigenvalue weighted by Gasteiger charge is 2.75. The van der Waals surface area contributed by atoms with Gasteiger partial charge in [0.15, 0.2) is 0 Å². The normalized spacial score (nSPS) is 37.8. The van der Waals surface area contributed by atoms with Crippen molar-refractivity contribution in [2.75, 3.05) is 19.8 Å². The average Bonchev–Trinajstić information content (AvgIpc) is 3.17. The first kappa shape index (κ1) is 25.5. The molecule has 8 nitrogen and oxygen atoms in total. The van der Waals surface area contributed by atoms with Crippen LogP contribution in [0.2, 0.25) is 0 Å². The fourth-order valence-electron chi connectivity index (χ4n) is 7.38. The minimum Gasteiger partial charge on any atom is -0.465 e. The molecule has 8 heteroatoms. The maximum atomic E-state index is 14.4. The summed E-state index contributed by atoms with van der Waals surface area (Å²) in [6.07, 6.45) is 14.0. The van der Waals surface area contributed by atoms with Crippen molar-refractivity contribution in [3.05, 3.63) is 24.3 Å². The smallest absolute Gasteiger partial charge is 0.313 e. The first-order valence-corrected chi connectivity index (χ1v) is 13.7. The van der Waals surface area contributed by atoms with Gasteiger partial charge in [0.25, 0.3) is 0 Å². The Labute approximate surface area is 213 Å². The Hall–Kier alpha value is -2.19. The lowest BCUT2D eigenvalue weighted by atomic mass is 9.74. The summed E-state index contributed by atoms with van der Waals surface area (Å²) in [4.78, 5) is 45.6. The maximum Gasteiger partial charge on any atom is 0.313 e. The molecular formula is C28H40N2O6. The van der Waals surface area contributed by atoms with E-state index >= 15 is 0 Å². The van der Waals surface area contributed by atoms with Gasteiger partial charge >= 0.3 is 5.97 Å². The Balaban J connectivity index is 1.64. The number of carbonyl (C=O) groups is 3. The van der Waals surface area contributed by atoms with Gasteiger partial charge in [0, 0.05) is 12.6 Å². The number of fused-ring (bicyclic) bond motifs is 2. The number of ether oxygens (including phenoxy) is 2. The first-order valence-electron chi connectivity index (χ1n) is 13.7. The van der Waals surface area contributed by atoms with E-state index in [4.69, 9.17) is 9.47 Å². The fraction of sp³-hybridized carbons (Fsp3) is 0.750. The van der Waals surface area contributed by atoms with E-state index in [1.54, 1.807) is 4.90 Å². The molecular weight excluding hydrogens is 460 g/mol. The van der Waals surface area contributed by atoms with Crippen molar-refractivity contribution in [1.82, 2.24) is 9.80 Å². The average molecular weight is 501 g/mol. The maximum absolute atomic E-state index is 14.4. The van der Waals surface area contributed by atoms with Crippen LogP contribution in [0.5, 0.6) is 0 Å². The van der Waals surface area contributed by atoms with Crippen molar-refractivity contribution < 1.29 is 29.0 Å². The van der Waals surface area contributed by atoms with Crippen molar-refractivity contribution in [3.63, 3.8) is 0 Å². The van der Waals surface area contributed by atoms with Gasteiger partial charge in [-0.25, -0.2) is 0 Å². The van der Waals surface area contributed by atoms with Crippen molar-refractivity contribution >= 4 is 17.8 Å². The first-order chi connectivity index (χ1) is 17.2. The standard InChI is InChI=1S/C28H40N2O6/c1-18(2)16-20(17-31)30-23-25(33)29(19-10-5-4-6-11-19)14-9-13-28(23)21(24(30)32)22-26(34)35-15-8-7-12-27(22,3)36-28/h7,9,12-13,18-23,31H,4-6,8,10-11,14-17H2,1-3H3/t20-,21+,22-,23?,27+,28+/m1/s1. The Morgan fingerprint density at radius 3 is 2.50 bits per heavy atom. The molecule has 3 fully saturated rings. The summed E-state index contributed by atoms with van der Waals surface area (Å²) in [5.41, 5.74) is -2.37. The van der Waals surface area contributed by atoms with E-state index in [0.717, 1.165) is 25.7 Å². The van der Waals surface area contributed by atoms with Crippen LogP contribution >= 0.6 is 0 Å². The molecule has 0 aromatic heterocycles. The Morgan fingerprint density at radius 1 is 1.06 bits per heavy atom. The lowest BCUT2D eigenvalue weighted by molar-refractivity contribution is -0.162. The molecule has 2 saturated heterocycles.